The Morgan fingerprint density at radius 3 is 2.53 bits per heavy atom. The number of rotatable bonds is 0. The zero-order valence-electron chi connectivity index (χ0n) is 10.3. The van der Waals surface area contributed by atoms with Gasteiger partial charge in [0.2, 0.25) is 0 Å². The molecule has 0 aliphatic heterocycles. The van der Waals surface area contributed by atoms with Crippen molar-refractivity contribution >= 4 is 21.8 Å². The summed E-state index contributed by atoms with van der Waals surface area (Å²) in [6.07, 6.45) is 1.82. The van der Waals surface area contributed by atoms with Crippen LogP contribution >= 0.6 is 0 Å². The molecule has 0 bridgehead atoms. The monoisotopic (exact) mass is 222 g/mol. The lowest BCUT2D eigenvalue weighted by atomic mass is 10.0. The molecule has 1 aromatic carbocycles. The zero-order valence-corrected chi connectivity index (χ0v) is 10.3. The van der Waals surface area contributed by atoms with Gasteiger partial charge in [-0.3, -0.25) is 9.97 Å². The van der Waals surface area contributed by atoms with Crippen LogP contribution < -0.4 is 0 Å². The Morgan fingerprint density at radius 2 is 1.71 bits per heavy atom. The predicted molar refractivity (Wildman–Crippen MR) is 71.3 cm³/mol. The minimum absolute atomic E-state index is 1.01. The maximum Gasteiger partial charge on any atom is 0.0802 e. The van der Waals surface area contributed by atoms with Crippen LogP contribution in [0, 0.1) is 20.8 Å². The van der Waals surface area contributed by atoms with Gasteiger partial charge in [-0.25, -0.2) is 0 Å². The third-order valence-electron chi connectivity index (χ3n) is 3.55. The van der Waals surface area contributed by atoms with Gasteiger partial charge in [-0.05, 0) is 50.1 Å². The van der Waals surface area contributed by atoms with E-state index in [4.69, 9.17) is 4.98 Å². The van der Waals surface area contributed by atoms with Gasteiger partial charge in [0.25, 0.3) is 0 Å². The summed E-state index contributed by atoms with van der Waals surface area (Å²) in [6, 6.07) is 8.25. The van der Waals surface area contributed by atoms with Crippen molar-refractivity contribution < 1.29 is 0 Å². The lowest BCUT2D eigenvalue weighted by molar-refractivity contribution is 1.17. The molecule has 0 spiro atoms. The van der Waals surface area contributed by atoms with Crippen molar-refractivity contribution in [3.63, 3.8) is 0 Å². The number of benzene rings is 1. The third-order valence-corrected chi connectivity index (χ3v) is 3.55. The molecule has 0 unspecified atom stereocenters. The number of fused-ring (bicyclic) bond motifs is 3. The molecule has 0 saturated carbocycles. The number of nitrogens with zero attached hydrogens (tertiary/aromatic N) is 2. The molecule has 2 nitrogen and oxygen atoms in total. The summed E-state index contributed by atoms with van der Waals surface area (Å²) >= 11 is 0. The molecule has 0 N–H and O–H groups in total. The van der Waals surface area contributed by atoms with E-state index < -0.39 is 0 Å². The Kier molecular flexibility index (Phi) is 2.11. The standard InChI is InChI=1S/C15H14N2/c1-9-10(2)12-6-7-14-13(5-4-8-16-14)15(12)17-11(9)3/h4-8H,1-3H3. The maximum absolute atomic E-state index is 4.72. The molecule has 3 aromatic rings. The lowest BCUT2D eigenvalue weighted by Crippen LogP contribution is -1.94. The van der Waals surface area contributed by atoms with Gasteiger partial charge in [0.05, 0.1) is 11.0 Å². The molecule has 3 rings (SSSR count). The fourth-order valence-corrected chi connectivity index (χ4v) is 2.28. The molecule has 0 aliphatic rings. The second kappa shape index (κ2) is 3.52. The van der Waals surface area contributed by atoms with Crippen LogP contribution in [0.1, 0.15) is 16.8 Å². The van der Waals surface area contributed by atoms with Gasteiger partial charge in [-0.2, -0.15) is 0 Å². The molecule has 84 valence electrons. The normalized spacial score (nSPS) is 11.2. The summed E-state index contributed by atoms with van der Waals surface area (Å²) in [5.41, 5.74) is 5.77. The van der Waals surface area contributed by atoms with E-state index in [2.05, 4.69) is 44.0 Å². The van der Waals surface area contributed by atoms with Crippen LogP contribution in [0.3, 0.4) is 0 Å². The highest BCUT2D eigenvalue weighted by Gasteiger charge is 2.08. The summed E-state index contributed by atoms with van der Waals surface area (Å²) in [6.45, 7) is 6.36. The molecule has 0 radical (unpaired) electrons. The molecule has 0 saturated heterocycles. The molecule has 0 amide bonds. The van der Waals surface area contributed by atoms with Crippen LogP contribution in [-0.4, -0.2) is 9.97 Å². The molecule has 0 atom stereocenters. The van der Waals surface area contributed by atoms with Crippen LogP contribution in [0.15, 0.2) is 30.5 Å². The van der Waals surface area contributed by atoms with Crippen molar-refractivity contribution in [2.45, 2.75) is 20.8 Å². The van der Waals surface area contributed by atoms with Crippen LogP contribution in [0.25, 0.3) is 21.8 Å². The van der Waals surface area contributed by atoms with E-state index >= 15 is 0 Å². The number of aryl methyl sites for hydroxylation is 2. The van der Waals surface area contributed by atoms with Crippen molar-refractivity contribution in [1.82, 2.24) is 9.97 Å². The fourth-order valence-electron chi connectivity index (χ4n) is 2.28. The van der Waals surface area contributed by atoms with Crippen LogP contribution in [0.5, 0.6) is 0 Å². The van der Waals surface area contributed by atoms with Crippen LogP contribution in [0.4, 0.5) is 0 Å². The summed E-state index contributed by atoms with van der Waals surface area (Å²) in [7, 11) is 0. The van der Waals surface area contributed by atoms with E-state index in [0.717, 1.165) is 22.1 Å². The Labute approximate surface area is 100 Å². The summed E-state index contributed by atoms with van der Waals surface area (Å²) in [5.74, 6) is 0. The van der Waals surface area contributed by atoms with Crippen molar-refractivity contribution in [3.05, 3.63) is 47.3 Å². The van der Waals surface area contributed by atoms with Crippen molar-refractivity contribution in [1.29, 1.82) is 0 Å². The van der Waals surface area contributed by atoms with Crippen molar-refractivity contribution in [2.75, 3.05) is 0 Å². The van der Waals surface area contributed by atoms with Crippen LogP contribution in [-0.2, 0) is 0 Å². The first-order valence-corrected chi connectivity index (χ1v) is 5.80. The Hall–Kier alpha value is -1.96. The predicted octanol–water partition coefficient (Wildman–Crippen LogP) is 3.71. The van der Waals surface area contributed by atoms with Gasteiger partial charge in [0.15, 0.2) is 0 Å². The molecule has 17 heavy (non-hydrogen) atoms. The number of pyridine rings is 2. The quantitative estimate of drug-likeness (QED) is 0.542. The van der Waals surface area contributed by atoms with E-state index in [1.165, 1.54) is 16.5 Å². The second-order valence-electron chi connectivity index (χ2n) is 4.48. The van der Waals surface area contributed by atoms with Gasteiger partial charge in [0.1, 0.15) is 0 Å². The highest BCUT2D eigenvalue weighted by molar-refractivity contribution is 6.05. The maximum atomic E-state index is 4.72. The SMILES string of the molecule is Cc1nc2c(ccc3ncccc32)c(C)c1C. The minimum atomic E-state index is 1.01. The summed E-state index contributed by atoms with van der Waals surface area (Å²) in [5, 5.41) is 2.37. The summed E-state index contributed by atoms with van der Waals surface area (Å²) < 4.78 is 0. The molecule has 2 heteroatoms. The van der Waals surface area contributed by atoms with E-state index in [1.807, 2.05) is 12.3 Å². The minimum Gasteiger partial charge on any atom is -0.256 e. The van der Waals surface area contributed by atoms with Gasteiger partial charge in [0, 0.05) is 22.7 Å². The molecular formula is C15H14N2. The van der Waals surface area contributed by atoms with Gasteiger partial charge < -0.3 is 0 Å². The van der Waals surface area contributed by atoms with Crippen molar-refractivity contribution in [3.8, 4) is 0 Å². The lowest BCUT2D eigenvalue weighted by Gasteiger charge is -2.10. The molecule has 0 aliphatic carbocycles. The largest absolute Gasteiger partial charge is 0.256 e. The highest BCUT2D eigenvalue weighted by atomic mass is 14.7. The zero-order chi connectivity index (χ0) is 12.0. The highest BCUT2D eigenvalue weighted by Crippen LogP contribution is 2.27. The number of hydrogen-bond acceptors (Lipinski definition) is 2. The molecular weight excluding hydrogens is 208 g/mol. The van der Waals surface area contributed by atoms with E-state index in [0.29, 0.717) is 0 Å². The second-order valence-corrected chi connectivity index (χ2v) is 4.48. The fraction of sp³-hybridized carbons (Fsp3) is 0.200. The van der Waals surface area contributed by atoms with E-state index in [1.54, 1.807) is 0 Å². The Morgan fingerprint density at radius 1 is 0.882 bits per heavy atom. The number of aromatic nitrogens is 2. The van der Waals surface area contributed by atoms with E-state index in [-0.39, 0.29) is 0 Å². The molecule has 2 heterocycles. The molecule has 2 aromatic heterocycles. The van der Waals surface area contributed by atoms with Gasteiger partial charge >= 0.3 is 0 Å². The Bertz CT molecular complexity index is 730. The smallest absolute Gasteiger partial charge is 0.0802 e. The van der Waals surface area contributed by atoms with Gasteiger partial charge in [-0.15, -0.1) is 0 Å². The van der Waals surface area contributed by atoms with Gasteiger partial charge in [-0.1, -0.05) is 6.07 Å². The van der Waals surface area contributed by atoms with E-state index in [9.17, 15) is 0 Å². The topological polar surface area (TPSA) is 25.8 Å². The number of hydrogen-bond donors (Lipinski definition) is 0. The molecule has 0 fully saturated rings. The average Bonchev–Trinajstić information content (AvgIpc) is 2.36. The first-order chi connectivity index (χ1) is 8.18. The first-order valence-electron chi connectivity index (χ1n) is 5.80. The van der Waals surface area contributed by atoms with Crippen molar-refractivity contribution in [2.24, 2.45) is 0 Å². The average molecular weight is 222 g/mol. The summed E-state index contributed by atoms with van der Waals surface area (Å²) in [4.78, 5) is 9.10. The third kappa shape index (κ3) is 1.41. The van der Waals surface area contributed by atoms with Crippen LogP contribution in [0.2, 0.25) is 0 Å². The first kappa shape index (κ1) is 10.2. The Balaban J connectivity index is 2.59.